The molecule has 2 aromatic heterocycles. The molecule has 0 saturated heterocycles. The van der Waals surface area contributed by atoms with Crippen molar-refractivity contribution in [2.45, 2.75) is 0 Å². The first kappa shape index (κ1) is 14.0. The monoisotopic (exact) mass is 312 g/mol. The molecule has 0 atom stereocenters. The zero-order valence-electron chi connectivity index (χ0n) is 11.4. The van der Waals surface area contributed by atoms with Crippen LogP contribution in [-0.2, 0) is 0 Å². The lowest BCUT2D eigenvalue weighted by Gasteiger charge is -2.03. The molecule has 0 spiro atoms. The second-order valence-corrected chi connectivity index (χ2v) is 5.33. The number of hydrogen-bond donors (Lipinski definition) is 3. The van der Waals surface area contributed by atoms with Gasteiger partial charge in [0, 0.05) is 17.1 Å². The van der Waals surface area contributed by atoms with Gasteiger partial charge in [-0.25, -0.2) is 9.97 Å². The molecular formula is C15H12N4O2S. The number of aromatic nitrogens is 2. The lowest BCUT2D eigenvalue weighted by Crippen LogP contribution is -2.11. The van der Waals surface area contributed by atoms with E-state index in [1.807, 2.05) is 23.6 Å². The SMILES string of the molecule is NC(=O)c1cc(-c2csc(Nc3ccccn3)n2)ccc1O. The van der Waals surface area contributed by atoms with E-state index >= 15 is 0 Å². The van der Waals surface area contributed by atoms with E-state index in [1.54, 1.807) is 12.3 Å². The summed E-state index contributed by atoms with van der Waals surface area (Å²) in [5, 5.41) is 15.2. The predicted molar refractivity (Wildman–Crippen MR) is 85.3 cm³/mol. The lowest BCUT2D eigenvalue weighted by atomic mass is 10.1. The number of nitrogens with two attached hydrogens (primary N) is 1. The molecular weight excluding hydrogens is 300 g/mol. The minimum atomic E-state index is -0.679. The Morgan fingerprint density at radius 3 is 2.86 bits per heavy atom. The molecule has 4 N–H and O–H groups in total. The standard InChI is InChI=1S/C15H12N4O2S/c16-14(21)10-7-9(4-5-12(10)20)11-8-22-15(18-11)19-13-3-1-2-6-17-13/h1-8,20H,(H2,16,21)(H,17,18,19). The zero-order chi connectivity index (χ0) is 15.5. The quantitative estimate of drug-likeness (QED) is 0.687. The molecule has 7 heteroatoms. The molecule has 6 nitrogen and oxygen atoms in total. The maximum absolute atomic E-state index is 11.3. The van der Waals surface area contributed by atoms with Crippen molar-refractivity contribution in [2.75, 3.05) is 5.32 Å². The predicted octanol–water partition coefficient (Wildman–Crippen LogP) is 2.75. The van der Waals surface area contributed by atoms with Crippen molar-refractivity contribution in [3.8, 4) is 17.0 Å². The number of nitrogens with zero attached hydrogens (tertiary/aromatic N) is 2. The smallest absolute Gasteiger partial charge is 0.252 e. The van der Waals surface area contributed by atoms with Gasteiger partial charge in [0.25, 0.3) is 5.91 Å². The molecule has 2 heterocycles. The van der Waals surface area contributed by atoms with E-state index in [-0.39, 0.29) is 11.3 Å². The molecule has 0 saturated carbocycles. The molecule has 3 aromatic rings. The Labute approximate surface area is 130 Å². The van der Waals surface area contributed by atoms with E-state index in [9.17, 15) is 9.90 Å². The first-order chi connectivity index (χ1) is 10.6. The van der Waals surface area contributed by atoms with E-state index in [2.05, 4.69) is 15.3 Å². The van der Waals surface area contributed by atoms with Crippen LogP contribution in [0.1, 0.15) is 10.4 Å². The van der Waals surface area contributed by atoms with Crippen LogP contribution in [0.3, 0.4) is 0 Å². The Kier molecular flexibility index (Phi) is 3.71. The first-order valence-corrected chi connectivity index (χ1v) is 7.28. The number of thiazole rings is 1. The van der Waals surface area contributed by atoms with Gasteiger partial charge in [-0.05, 0) is 30.3 Å². The Morgan fingerprint density at radius 1 is 1.27 bits per heavy atom. The maximum atomic E-state index is 11.3. The van der Waals surface area contributed by atoms with E-state index in [0.717, 1.165) is 0 Å². The highest BCUT2D eigenvalue weighted by Crippen LogP contribution is 2.29. The van der Waals surface area contributed by atoms with Gasteiger partial charge < -0.3 is 16.2 Å². The molecule has 0 aliphatic rings. The highest BCUT2D eigenvalue weighted by molar-refractivity contribution is 7.14. The normalized spacial score (nSPS) is 10.4. The number of hydrogen-bond acceptors (Lipinski definition) is 6. The number of primary amides is 1. The van der Waals surface area contributed by atoms with Crippen LogP contribution in [-0.4, -0.2) is 21.0 Å². The largest absolute Gasteiger partial charge is 0.507 e. The highest BCUT2D eigenvalue weighted by Gasteiger charge is 2.11. The Hall–Kier alpha value is -2.93. The van der Waals surface area contributed by atoms with Crippen molar-refractivity contribution in [3.63, 3.8) is 0 Å². The number of phenols is 1. The Bertz CT molecular complexity index is 817. The zero-order valence-corrected chi connectivity index (χ0v) is 12.2. The number of pyridine rings is 1. The van der Waals surface area contributed by atoms with Crippen LogP contribution >= 0.6 is 11.3 Å². The Morgan fingerprint density at radius 2 is 2.14 bits per heavy atom. The lowest BCUT2D eigenvalue weighted by molar-refractivity contribution is 0.0998. The number of nitrogens with one attached hydrogen (secondary N) is 1. The van der Waals surface area contributed by atoms with Crippen molar-refractivity contribution >= 4 is 28.2 Å². The summed E-state index contributed by atoms with van der Waals surface area (Å²) < 4.78 is 0. The fourth-order valence-electron chi connectivity index (χ4n) is 1.90. The molecule has 22 heavy (non-hydrogen) atoms. The van der Waals surface area contributed by atoms with Crippen molar-refractivity contribution < 1.29 is 9.90 Å². The van der Waals surface area contributed by atoms with Gasteiger partial charge in [-0.15, -0.1) is 11.3 Å². The highest BCUT2D eigenvalue weighted by atomic mass is 32.1. The van der Waals surface area contributed by atoms with Crippen molar-refractivity contribution in [2.24, 2.45) is 5.73 Å². The molecule has 0 aliphatic heterocycles. The molecule has 0 fully saturated rings. The average molecular weight is 312 g/mol. The van der Waals surface area contributed by atoms with E-state index in [4.69, 9.17) is 5.73 Å². The van der Waals surface area contributed by atoms with Gasteiger partial charge in [0.05, 0.1) is 11.3 Å². The topological polar surface area (TPSA) is 101 Å². The van der Waals surface area contributed by atoms with Gasteiger partial charge in [-0.3, -0.25) is 4.79 Å². The fourth-order valence-corrected chi connectivity index (χ4v) is 2.63. The third-order valence-corrected chi connectivity index (χ3v) is 3.72. The summed E-state index contributed by atoms with van der Waals surface area (Å²) in [6.07, 6.45) is 1.69. The molecule has 110 valence electrons. The molecule has 3 rings (SSSR count). The van der Waals surface area contributed by atoms with E-state index < -0.39 is 5.91 Å². The van der Waals surface area contributed by atoms with Gasteiger partial charge in [0.1, 0.15) is 11.6 Å². The molecule has 0 unspecified atom stereocenters. The molecule has 1 amide bonds. The van der Waals surface area contributed by atoms with Crippen molar-refractivity contribution in [1.29, 1.82) is 0 Å². The maximum Gasteiger partial charge on any atom is 0.252 e. The summed E-state index contributed by atoms with van der Waals surface area (Å²) in [7, 11) is 0. The number of rotatable bonds is 4. The molecule has 0 radical (unpaired) electrons. The summed E-state index contributed by atoms with van der Waals surface area (Å²) in [6, 6.07) is 10.2. The van der Waals surface area contributed by atoms with Crippen LogP contribution in [0.2, 0.25) is 0 Å². The van der Waals surface area contributed by atoms with Crippen LogP contribution in [0.25, 0.3) is 11.3 Å². The van der Waals surface area contributed by atoms with Crippen LogP contribution < -0.4 is 11.1 Å². The number of aromatic hydroxyl groups is 1. The van der Waals surface area contributed by atoms with Gasteiger partial charge in [-0.2, -0.15) is 0 Å². The van der Waals surface area contributed by atoms with Crippen molar-refractivity contribution in [3.05, 3.63) is 53.5 Å². The van der Waals surface area contributed by atoms with Gasteiger partial charge in [-0.1, -0.05) is 6.07 Å². The van der Waals surface area contributed by atoms with Crippen LogP contribution in [0.15, 0.2) is 48.0 Å². The number of anilines is 2. The number of amides is 1. The van der Waals surface area contributed by atoms with Gasteiger partial charge >= 0.3 is 0 Å². The van der Waals surface area contributed by atoms with Crippen LogP contribution in [0, 0.1) is 0 Å². The second kappa shape index (κ2) is 5.82. The molecule has 0 aliphatic carbocycles. The second-order valence-electron chi connectivity index (χ2n) is 4.47. The summed E-state index contributed by atoms with van der Waals surface area (Å²) in [5.74, 6) is -0.119. The van der Waals surface area contributed by atoms with Crippen LogP contribution in [0.4, 0.5) is 10.9 Å². The van der Waals surface area contributed by atoms with E-state index in [0.29, 0.717) is 22.2 Å². The summed E-state index contributed by atoms with van der Waals surface area (Å²) in [4.78, 5) is 19.9. The molecule has 0 bridgehead atoms. The van der Waals surface area contributed by atoms with Crippen molar-refractivity contribution in [1.82, 2.24) is 9.97 Å². The number of carbonyl (C=O) groups is 1. The third-order valence-electron chi connectivity index (χ3n) is 2.96. The van der Waals surface area contributed by atoms with E-state index in [1.165, 1.54) is 23.5 Å². The minimum Gasteiger partial charge on any atom is -0.507 e. The Balaban J connectivity index is 1.88. The average Bonchev–Trinajstić information content (AvgIpc) is 2.97. The number of carbonyl (C=O) groups excluding carboxylic acids is 1. The van der Waals surface area contributed by atoms with Gasteiger partial charge in [0.2, 0.25) is 0 Å². The van der Waals surface area contributed by atoms with Crippen LogP contribution in [0.5, 0.6) is 5.75 Å². The minimum absolute atomic E-state index is 0.0738. The third kappa shape index (κ3) is 2.89. The summed E-state index contributed by atoms with van der Waals surface area (Å²) in [5.41, 5.74) is 6.70. The summed E-state index contributed by atoms with van der Waals surface area (Å²) >= 11 is 1.42. The van der Waals surface area contributed by atoms with Gasteiger partial charge in [0.15, 0.2) is 5.13 Å². The molecule has 1 aromatic carbocycles. The number of benzene rings is 1. The fraction of sp³-hybridized carbons (Fsp3) is 0. The first-order valence-electron chi connectivity index (χ1n) is 6.40. The summed E-state index contributed by atoms with van der Waals surface area (Å²) in [6.45, 7) is 0.